The molecule has 1 saturated heterocycles. The fraction of sp³-hybridized carbons (Fsp3) is 0.467. The molecule has 0 amide bonds. The number of aliphatic hydroxyl groups excluding tert-OH is 1. The standard InChI is InChI=1S/C15H18F2N4O2/c16-11-1-2-14(17)13(7-11)15(22)10-20-5-6-23-12(8-20)9-21-4-3-18-19-21/h1-4,7,12,15,22H,5-6,8-10H2. The summed E-state index contributed by atoms with van der Waals surface area (Å²) in [5.74, 6) is -1.17. The van der Waals surface area contributed by atoms with Crippen molar-refractivity contribution in [2.45, 2.75) is 18.8 Å². The highest BCUT2D eigenvalue weighted by atomic mass is 19.1. The van der Waals surface area contributed by atoms with Gasteiger partial charge in [0.25, 0.3) is 0 Å². The Morgan fingerprint density at radius 3 is 3.04 bits per heavy atom. The van der Waals surface area contributed by atoms with Gasteiger partial charge in [-0.2, -0.15) is 0 Å². The van der Waals surface area contributed by atoms with E-state index in [1.54, 1.807) is 17.1 Å². The molecular weight excluding hydrogens is 306 g/mol. The molecule has 1 aliphatic rings. The van der Waals surface area contributed by atoms with Gasteiger partial charge in [-0.25, -0.2) is 13.5 Å². The Balaban J connectivity index is 1.59. The van der Waals surface area contributed by atoms with Gasteiger partial charge in [0.2, 0.25) is 0 Å². The topological polar surface area (TPSA) is 63.4 Å². The minimum absolute atomic E-state index is 0.0238. The number of β-amino-alcohol motifs (C(OH)–C–C–N with tert-alkyl or cyclic N) is 1. The van der Waals surface area contributed by atoms with E-state index in [9.17, 15) is 13.9 Å². The number of ether oxygens (including phenoxy) is 1. The molecule has 1 aliphatic heterocycles. The molecule has 0 bridgehead atoms. The van der Waals surface area contributed by atoms with Crippen molar-refractivity contribution in [3.63, 3.8) is 0 Å². The maximum absolute atomic E-state index is 13.7. The summed E-state index contributed by atoms with van der Waals surface area (Å²) in [5.41, 5.74) is -0.0238. The molecule has 0 saturated carbocycles. The Kier molecular flexibility index (Phi) is 4.94. The van der Waals surface area contributed by atoms with Crippen molar-refractivity contribution in [1.82, 2.24) is 19.9 Å². The molecule has 2 aromatic rings. The number of aliphatic hydroxyl groups is 1. The number of aromatic nitrogens is 3. The monoisotopic (exact) mass is 324 g/mol. The number of hydrogen-bond donors (Lipinski definition) is 1. The average Bonchev–Trinajstić information content (AvgIpc) is 3.03. The highest BCUT2D eigenvalue weighted by Crippen LogP contribution is 2.20. The molecule has 0 spiro atoms. The molecule has 2 atom stereocenters. The van der Waals surface area contributed by atoms with Crippen LogP contribution in [0.15, 0.2) is 30.6 Å². The van der Waals surface area contributed by atoms with E-state index >= 15 is 0 Å². The third-order valence-corrected chi connectivity index (χ3v) is 3.83. The van der Waals surface area contributed by atoms with Crippen LogP contribution in [0.4, 0.5) is 8.78 Å². The zero-order chi connectivity index (χ0) is 16.2. The number of morpholine rings is 1. The van der Waals surface area contributed by atoms with Crippen molar-refractivity contribution in [3.05, 3.63) is 47.8 Å². The highest BCUT2D eigenvalue weighted by molar-refractivity contribution is 5.21. The molecular formula is C15H18F2N4O2. The molecule has 8 heteroatoms. The number of nitrogens with zero attached hydrogens (tertiary/aromatic N) is 4. The van der Waals surface area contributed by atoms with E-state index in [1.165, 1.54) is 0 Å². The van der Waals surface area contributed by atoms with Crippen LogP contribution in [0.2, 0.25) is 0 Å². The summed E-state index contributed by atoms with van der Waals surface area (Å²) in [4.78, 5) is 1.97. The number of rotatable bonds is 5. The highest BCUT2D eigenvalue weighted by Gasteiger charge is 2.24. The van der Waals surface area contributed by atoms with Gasteiger partial charge < -0.3 is 9.84 Å². The predicted octanol–water partition coefficient (Wildman–Crippen LogP) is 0.991. The number of halogens is 2. The summed E-state index contributed by atoms with van der Waals surface area (Å²) in [6, 6.07) is 3.10. The lowest BCUT2D eigenvalue weighted by Gasteiger charge is -2.34. The second-order valence-corrected chi connectivity index (χ2v) is 5.56. The van der Waals surface area contributed by atoms with E-state index in [0.29, 0.717) is 26.2 Å². The summed E-state index contributed by atoms with van der Waals surface area (Å²) in [6.07, 6.45) is 2.17. The number of benzene rings is 1. The Bertz CT molecular complexity index is 638. The first kappa shape index (κ1) is 16.0. The van der Waals surface area contributed by atoms with Crippen molar-refractivity contribution >= 4 is 0 Å². The van der Waals surface area contributed by atoms with E-state index in [1.807, 2.05) is 4.90 Å². The van der Waals surface area contributed by atoms with E-state index in [-0.39, 0.29) is 18.2 Å². The van der Waals surface area contributed by atoms with E-state index < -0.39 is 17.7 Å². The smallest absolute Gasteiger partial charge is 0.129 e. The maximum Gasteiger partial charge on any atom is 0.129 e. The zero-order valence-electron chi connectivity index (χ0n) is 12.5. The van der Waals surface area contributed by atoms with Gasteiger partial charge in [-0.3, -0.25) is 4.90 Å². The van der Waals surface area contributed by atoms with Gasteiger partial charge in [0.15, 0.2) is 0 Å². The molecule has 1 fully saturated rings. The van der Waals surface area contributed by atoms with Gasteiger partial charge >= 0.3 is 0 Å². The lowest BCUT2D eigenvalue weighted by atomic mass is 10.1. The molecule has 0 radical (unpaired) electrons. The lowest BCUT2D eigenvalue weighted by Crippen LogP contribution is -2.45. The van der Waals surface area contributed by atoms with Crippen LogP contribution in [0, 0.1) is 11.6 Å². The summed E-state index contributed by atoms with van der Waals surface area (Å²) < 4.78 is 34.3. The second-order valence-electron chi connectivity index (χ2n) is 5.56. The molecule has 2 unspecified atom stereocenters. The zero-order valence-corrected chi connectivity index (χ0v) is 12.5. The van der Waals surface area contributed by atoms with Crippen molar-refractivity contribution in [2.75, 3.05) is 26.2 Å². The Morgan fingerprint density at radius 2 is 2.26 bits per heavy atom. The van der Waals surface area contributed by atoms with Crippen molar-refractivity contribution in [3.8, 4) is 0 Å². The van der Waals surface area contributed by atoms with Gasteiger partial charge in [0.05, 0.1) is 31.6 Å². The van der Waals surface area contributed by atoms with Crippen molar-refractivity contribution in [2.24, 2.45) is 0 Å². The largest absolute Gasteiger partial charge is 0.387 e. The van der Waals surface area contributed by atoms with Gasteiger partial charge in [-0.15, -0.1) is 5.10 Å². The SMILES string of the molecule is OC(CN1CCOC(Cn2ccnn2)C1)c1cc(F)ccc1F. The summed E-state index contributed by atoms with van der Waals surface area (Å²) >= 11 is 0. The maximum atomic E-state index is 13.7. The Labute approximate surface area is 132 Å². The second kappa shape index (κ2) is 7.12. The normalized spacial score (nSPS) is 20.6. The first-order valence-electron chi connectivity index (χ1n) is 7.43. The third-order valence-electron chi connectivity index (χ3n) is 3.83. The first-order valence-corrected chi connectivity index (χ1v) is 7.43. The number of hydrogen-bond acceptors (Lipinski definition) is 5. The molecule has 1 N–H and O–H groups in total. The lowest BCUT2D eigenvalue weighted by molar-refractivity contribution is -0.0490. The van der Waals surface area contributed by atoms with Crippen molar-refractivity contribution < 1.29 is 18.6 Å². The molecule has 3 rings (SSSR count). The van der Waals surface area contributed by atoms with E-state index in [2.05, 4.69) is 10.3 Å². The van der Waals surface area contributed by atoms with Gasteiger partial charge in [-0.05, 0) is 18.2 Å². The van der Waals surface area contributed by atoms with Crippen LogP contribution >= 0.6 is 0 Å². The summed E-state index contributed by atoms with van der Waals surface area (Å²) in [7, 11) is 0. The first-order chi connectivity index (χ1) is 11.1. The molecule has 124 valence electrons. The van der Waals surface area contributed by atoms with Crippen LogP contribution in [-0.4, -0.2) is 57.3 Å². The van der Waals surface area contributed by atoms with Gasteiger partial charge in [0, 0.05) is 31.4 Å². The van der Waals surface area contributed by atoms with Crippen LogP contribution in [0.5, 0.6) is 0 Å². The molecule has 1 aromatic carbocycles. The van der Waals surface area contributed by atoms with Crippen LogP contribution in [-0.2, 0) is 11.3 Å². The van der Waals surface area contributed by atoms with E-state index in [4.69, 9.17) is 4.74 Å². The van der Waals surface area contributed by atoms with Crippen LogP contribution in [0.3, 0.4) is 0 Å². The third kappa shape index (κ3) is 4.10. The van der Waals surface area contributed by atoms with Crippen LogP contribution < -0.4 is 0 Å². The molecule has 23 heavy (non-hydrogen) atoms. The molecule has 0 aliphatic carbocycles. The quantitative estimate of drug-likeness (QED) is 0.889. The minimum atomic E-state index is -1.09. The minimum Gasteiger partial charge on any atom is -0.387 e. The Hall–Kier alpha value is -1.90. The molecule has 2 heterocycles. The molecule has 6 nitrogen and oxygen atoms in total. The fourth-order valence-electron chi connectivity index (χ4n) is 2.71. The van der Waals surface area contributed by atoms with Crippen LogP contribution in [0.1, 0.15) is 11.7 Å². The predicted molar refractivity (Wildman–Crippen MR) is 77.5 cm³/mol. The average molecular weight is 324 g/mol. The van der Waals surface area contributed by atoms with E-state index in [0.717, 1.165) is 18.2 Å². The van der Waals surface area contributed by atoms with Crippen LogP contribution in [0.25, 0.3) is 0 Å². The Morgan fingerprint density at radius 1 is 1.39 bits per heavy atom. The molecule has 1 aromatic heterocycles. The van der Waals surface area contributed by atoms with Crippen molar-refractivity contribution in [1.29, 1.82) is 0 Å². The van der Waals surface area contributed by atoms with Gasteiger partial charge in [0.1, 0.15) is 11.6 Å². The van der Waals surface area contributed by atoms with Gasteiger partial charge in [-0.1, -0.05) is 5.21 Å². The fourth-order valence-corrected chi connectivity index (χ4v) is 2.71. The summed E-state index contributed by atoms with van der Waals surface area (Å²) in [5, 5.41) is 17.8. The summed E-state index contributed by atoms with van der Waals surface area (Å²) in [6.45, 7) is 2.49.